The van der Waals surface area contributed by atoms with Crippen molar-refractivity contribution in [1.29, 1.82) is 0 Å². The monoisotopic (exact) mass is 731 g/mol. The normalized spacial score (nSPS) is 17.9. The standard InChI is InChI=1S/C33H44BrFN7O4P/c1-6-21-17-25(28(44-3)19-27(21)42-9-7-22(8-10-42)41-13-11-40(2)12-14-41)38-33-36-20-23(34)32(39-33)37-26-18-24(35)29-30(46-16-15-45-29)31(26)47(4,5)43/h17-20,22H,6-16H2,1-5H3,(H2,36,37,38,39). The lowest BCUT2D eigenvalue weighted by Crippen LogP contribution is -2.52. The molecule has 3 aromatic rings. The van der Waals surface area contributed by atoms with E-state index < -0.39 is 13.0 Å². The summed E-state index contributed by atoms with van der Waals surface area (Å²) >= 11 is 3.51. The Bertz CT molecular complexity index is 1660. The van der Waals surface area contributed by atoms with E-state index in [0.717, 1.165) is 64.2 Å². The largest absolute Gasteiger partial charge is 0.494 e. The van der Waals surface area contributed by atoms with Gasteiger partial charge in [0.2, 0.25) is 5.95 Å². The van der Waals surface area contributed by atoms with Crippen molar-refractivity contribution in [2.45, 2.75) is 32.2 Å². The van der Waals surface area contributed by atoms with E-state index in [1.54, 1.807) is 26.6 Å². The third kappa shape index (κ3) is 7.33. The van der Waals surface area contributed by atoms with Gasteiger partial charge in [0.1, 0.15) is 31.9 Å². The van der Waals surface area contributed by atoms with Gasteiger partial charge in [-0.1, -0.05) is 6.92 Å². The molecule has 0 aliphatic carbocycles. The number of piperidine rings is 1. The highest BCUT2D eigenvalue weighted by Gasteiger charge is 2.31. The smallest absolute Gasteiger partial charge is 0.229 e. The van der Waals surface area contributed by atoms with Gasteiger partial charge in [0.25, 0.3) is 0 Å². The van der Waals surface area contributed by atoms with Gasteiger partial charge in [-0.3, -0.25) is 4.90 Å². The molecule has 2 fully saturated rings. The summed E-state index contributed by atoms with van der Waals surface area (Å²) in [5.74, 6) is 0.898. The molecule has 2 N–H and O–H groups in total. The molecule has 47 heavy (non-hydrogen) atoms. The molecule has 6 rings (SSSR count). The SMILES string of the molecule is CCc1cc(Nc2ncc(Br)c(Nc3cc(F)c4c(c3P(C)(C)=O)OCCO4)n2)c(OC)cc1N1CCC(N2CCN(C)CC2)CC1. The van der Waals surface area contributed by atoms with Crippen LogP contribution in [0, 0.1) is 5.82 Å². The van der Waals surface area contributed by atoms with Crippen molar-refractivity contribution >= 4 is 57.2 Å². The number of methoxy groups -OCH3 is 1. The number of hydrogen-bond acceptors (Lipinski definition) is 11. The molecule has 0 amide bonds. The molecule has 11 nitrogen and oxygen atoms in total. The summed E-state index contributed by atoms with van der Waals surface area (Å²) in [7, 11) is 0.929. The molecule has 1 aromatic heterocycles. The van der Waals surface area contributed by atoms with E-state index in [0.29, 0.717) is 33.3 Å². The van der Waals surface area contributed by atoms with Gasteiger partial charge in [0.05, 0.1) is 28.3 Å². The fourth-order valence-electron chi connectivity index (χ4n) is 6.66. The van der Waals surface area contributed by atoms with Gasteiger partial charge in [0.15, 0.2) is 17.3 Å². The third-order valence-corrected chi connectivity index (χ3v) is 11.3. The number of likely N-dealkylation sites (N-methyl/N-ethyl adjacent to an activating group) is 1. The Hall–Kier alpha value is -3.12. The van der Waals surface area contributed by atoms with Crippen LogP contribution in [0.15, 0.2) is 28.9 Å². The van der Waals surface area contributed by atoms with Crippen LogP contribution in [-0.2, 0) is 11.0 Å². The molecule has 0 bridgehead atoms. The fraction of sp³-hybridized carbons (Fsp3) is 0.515. The van der Waals surface area contributed by atoms with Gasteiger partial charge in [-0.2, -0.15) is 4.98 Å². The van der Waals surface area contributed by atoms with Crippen molar-refractivity contribution in [3.05, 3.63) is 40.2 Å². The number of nitrogens with zero attached hydrogens (tertiary/aromatic N) is 5. The number of nitrogens with one attached hydrogen (secondary N) is 2. The molecule has 4 heterocycles. The average Bonchev–Trinajstić information content (AvgIpc) is 3.06. The first kappa shape index (κ1) is 33.8. The highest BCUT2D eigenvalue weighted by atomic mass is 79.9. The number of rotatable bonds is 9. The Balaban J connectivity index is 1.23. The summed E-state index contributed by atoms with van der Waals surface area (Å²) in [6.45, 7) is 12.5. The highest BCUT2D eigenvalue weighted by Crippen LogP contribution is 2.48. The van der Waals surface area contributed by atoms with Crippen LogP contribution in [-0.4, -0.2) is 106 Å². The quantitative estimate of drug-likeness (QED) is 0.266. The molecule has 254 valence electrons. The molecule has 2 saturated heterocycles. The summed E-state index contributed by atoms with van der Waals surface area (Å²) in [5, 5.41) is 6.87. The number of halogens is 2. The minimum Gasteiger partial charge on any atom is -0.494 e. The zero-order chi connectivity index (χ0) is 33.3. The van der Waals surface area contributed by atoms with Crippen molar-refractivity contribution in [3.8, 4) is 17.2 Å². The predicted molar refractivity (Wildman–Crippen MR) is 189 cm³/mol. The van der Waals surface area contributed by atoms with Gasteiger partial charge in [-0.15, -0.1) is 0 Å². The maximum absolute atomic E-state index is 15.1. The molecule has 0 atom stereocenters. The molecule has 2 aromatic carbocycles. The summed E-state index contributed by atoms with van der Waals surface area (Å²) < 4.78 is 46.2. The van der Waals surface area contributed by atoms with Crippen LogP contribution in [0.2, 0.25) is 0 Å². The number of hydrogen-bond donors (Lipinski definition) is 2. The van der Waals surface area contributed by atoms with Crippen LogP contribution in [0.25, 0.3) is 0 Å². The van der Waals surface area contributed by atoms with Crippen LogP contribution < -0.4 is 35.0 Å². The summed E-state index contributed by atoms with van der Waals surface area (Å²) in [5.41, 5.74) is 3.44. The van der Waals surface area contributed by atoms with E-state index >= 15 is 4.39 Å². The molecule has 0 saturated carbocycles. The third-order valence-electron chi connectivity index (χ3n) is 9.16. The van der Waals surface area contributed by atoms with E-state index in [1.165, 1.54) is 17.3 Å². The van der Waals surface area contributed by atoms with E-state index in [-0.39, 0.29) is 30.4 Å². The second-order valence-corrected chi connectivity index (χ2v) is 16.7. The van der Waals surface area contributed by atoms with Crippen LogP contribution in [0.5, 0.6) is 17.2 Å². The zero-order valence-electron chi connectivity index (χ0n) is 27.7. The molecule has 3 aliphatic heterocycles. The first-order valence-electron chi connectivity index (χ1n) is 16.2. The predicted octanol–water partition coefficient (Wildman–Crippen LogP) is 5.67. The van der Waals surface area contributed by atoms with E-state index in [2.05, 4.69) is 72.4 Å². The minimum atomic E-state index is -2.94. The van der Waals surface area contributed by atoms with Gasteiger partial charge in [0, 0.05) is 69.3 Å². The molecule has 3 aliphatic rings. The number of aryl methyl sites for hydroxylation is 1. The lowest BCUT2D eigenvalue weighted by Gasteiger charge is -2.43. The Kier molecular flexibility index (Phi) is 10.2. The Morgan fingerprint density at radius 2 is 1.72 bits per heavy atom. The summed E-state index contributed by atoms with van der Waals surface area (Å²) in [6, 6.07) is 6.13. The van der Waals surface area contributed by atoms with Crippen LogP contribution in [0.1, 0.15) is 25.3 Å². The molecule has 0 spiro atoms. The first-order chi connectivity index (χ1) is 22.5. The van der Waals surface area contributed by atoms with E-state index in [9.17, 15) is 4.57 Å². The Morgan fingerprint density at radius 3 is 2.38 bits per heavy atom. The lowest BCUT2D eigenvalue weighted by molar-refractivity contribution is 0.0982. The van der Waals surface area contributed by atoms with Gasteiger partial charge in [-0.25, -0.2) is 9.37 Å². The fourth-order valence-corrected chi connectivity index (χ4v) is 8.31. The number of benzene rings is 2. The lowest BCUT2D eigenvalue weighted by atomic mass is 9.99. The number of ether oxygens (including phenoxy) is 3. The second-order valence-electron chi connectivity index (χ2n) is 12.7. The number of anilines is 5. The van der Waals surface area contributed by atoms with E-state index in [1.807, 2.05) is 0 Å². The molecular formula is C33H44BrFN7O4P. The van der Waals surface area contributed by atoms with Crippen LogP contribution >= 0.6 is 23.1 Å². The van der Waals surface area contributed by atoms with Crippen molar-refractivity contribution in [2.24, 2.45) is 0 Å². The highest BCUT2D eigenvalue weighted by molar-refractivity contribution is 9.10. The van der Waals surface area contributed by atoms with Crippen LogP contribution in [0.3, 0.4) is 0 Å². The van der Waals surface area contributed by atoms with Gasteiger partial charge < -0.3 is 39.2 Å². The molecule has 0 unspecified atom stereocenters. The maximum atomic E-state index is 15.1. The molecular weight excluding hydrogens is 688 g/mol. The minimum absolute atomic E-state index is 0.0218. The maximum Gasteiger partial charge on any atom is 0.229 e. The molecule has 0 radical (unpaired) electrons. The topological polar surface area (TPSA) is 104 Å². The average molecular weight is 733 g/mol. The summed E-state index contributed by atoms with van der Waals surface area (Å²) in [4.78, 5) is 16.7. The Morgan fingerprint density at radius 1 is 1.02 bits per heavy atom. The van der Waals surface area contributed by atoms with Crippen LogP contribution in [0.4, 0.5) is 33.2 Å². The number of piperazine rings is 1. The number of fused-ring (bicyclic) bond motifs is 1. The number of aromatic nitrogens is 2. The first-order valence-corrected chi connectivity index (χ1v) is 19.6. The summed E-state index contributed by atoms with van der Waals surface area (Å²) in [6.07, 6.45) is 4.76. The van der Waals surface area contributed by atoms with Crippen molar-refractivity contribution in [1.82, 2.24) is 19.8 Å². The zero-order valence-corrected chi connectivity index (χ0v) is 30.2. The van der Waals surface area contributed by atoms with Crippen molar-refractivity contribution in [2.75, 3.05) is 95.5 Å². The Labute approximate surface area is 284 Å². The van der Waals surface area contributed by atoms with E-state index in [4.69, 9.17) is 19.2 Å². The van der Waals surface area contributed by atoms with Gasteiger partial charge in [-0.05, 0) is 67.2 Å². The van der Waals surface area contributed by atoms with Gasteiger partial charge >= 0.3 is 0 Å². The van der Waals surface area contributed by atoms with Crippen molar-refractivity contribution < 1.29 is 23.2 Å². The molecule has 14 heteroatoms. The van der Waals surface area contributed by atoms with Crippen molar-refractivity contribution in [3.63, 3.8) is 0 Å². The second kappa shape index (κ2) is 14.2.